The van der Waals surface area contributed by atoms with Gasteiger partial charge in [0, 0.05) is 18.3 Å². The summed E-state index contributed by atoms with van der Waals surface area (Å²) in [5.74, 6) is 2.14. The van der Waals surface area contributed by atoms with Gasteiger partial charge in [-0.1, -0.05) is 49.8 Å². The summed E-state index contributed by atoms with van der Waals surface area (Å²) in [7, 11) is 0. The number of ether oxygens (including phenoxy) is 1. The van der Waals surface area contributed by atoms with Gasteiger partial charge < -0.3 is 4.74 Å². The van der Waals surface area contributed by atoms with Gasteiger partial charge in [-0.2, -0.15) is 0 Å². The van der Waals surface area contributed by atoms with Crippen molar-refractivity contribution in [3.63, 3.8) is 0 Å². The molecule has 7 atom stereocenters. The third-order valence-corrected chi connectivity index (χ3v) is 9.77. The summed E-state index contributed by atoms with van der Waals surface area (Å²) in [6, 6.07) is 10.3. The van der Waals surface area contributed by atoms with Crippen LogP contribution in [-0.4, -0.2) is 17.9 Å². The molecular weight excluding hydrogens is 384 g/mol. The summed E-state index contributed by atoms with van der Waals surface area (Å²) in [4.78, 5) is 24.9. The van der Waals surface area contributed by atoms with Gasteiger partial charge in [-0.3, -0.25) is 9.59 Å². The summed E-state index contributed by atoms with van der Waals surface area (Å²) in [6.07, 6.45) is 10.9. The van der Waals surface area contributed by atoms with E-state index >= 15 is 0 Å². The van der Waals surface area contributed by atoms with E-state index in [1.807, 2.05) is 24.3 Å². The zero-order valence-corrected chi connectivity index (χ0v) is 19.2. The van der Waals surface area contributed by atoms with Gasteiger partial charge >= 0.3 is 5.97 Å². The van der Waals surface area contributed by atoms with Crippen LogP contribution in [0.2, 0.25) is 0 Å². The van der Waals surface area contributed by atoms with Crippen LogP contribution in [-0.2, 0) is 14.3 Å². The van der Waals surface area contributed by atoms with Crippen LogP contribution in [0, 0.1) is 28.6 Å². The number of hydrogen-bond donors (Lipinski definition) is 0. The van der Waals surface area contributed by atoms with Gasteiger partial charge in [0.05, 0.1) is 0 Å². The highest BCUT2D eigenvalue weighted by Gasteiger charge is 2.59. The minimum absolute atomic E-state index is 0.00302. The fraction of sp³-hybridized carbons (Fsp3) is 0.643. The van der Waals surface area contributed by atoms with Crippen LogP contribution in [0.3, 0.4) is 0 Å². The summed E-state index contributed by atoms with van der Waals surface area (Å²) in [5, 5.41) is 0. The lowest BCUT2D eigenvalue weighted by Crippen LogP contribution is -2.50. The van der Waals surface area contributed by atoms with Crippen LogP contribution in [0.5, 0.6) is 0 Å². The number of hydrogen-bond acceptors (Lipinski definition) is 3. The number of esters is 1. The first-order chi connectivity index (χ1) is 14.8. The predicted molar refractivity (Wildman–Crippen MR) is 121 cm³/mol. The summed E-state index contributed by atoms with van der Waals surface area (Å²) >= 11 is 0. The number of ketones is 1. The molecule has 0 heterocycles. The lowest BCUT2D eigenvalue weighted by Gasteiger charge is -2.57. The monoisotopic (exact) mass is 420 g/mol. The number of benzene rings is 1. The van der Waals surface area contributed by atoms with Crippen molar-refractivity contribution in [2.45, 2.75) is 84.2 Å². The first-order valence-corrected chi connectivity index (χ1v) is 12.3. The maximum atomic E-state index is 13.2. The van der Waals surface area contributed by atoms with E-state index in [0.717, 1.165) is 32.1 Å². The Morgan fingerprint density at radius 2 is 1.74 bits per heavy atom. The average molecular weight is 421 g/mol. The van der Waals surface area contributed by atoms with Gasteiger partial charge in [0.25, 0.3) is 0 Å². The molecule has 3 saturated carbocycles. The summed E-state index contributed by atoms with van der Waals surface area (Å²) in [5.41, 5.74) is 2.83. The van der Waals surface area contributed by atoms with Crippen molar-refractivity contribution in [2.24, 2.45) is 28.6 Å². The Morgan fingerprint density at radius 1 is 0.968 bits per heavy atom. The quantitative estimate of drug-likeness (QED) is 0.532. The zero-order chi connectivity index (χ0) is 21.8. The molecule has 0 N–H and O–H groups in total. The molecule has 0 spiro atoms. The lowest BCUT2D eigenvalue weighted by molar-refractivity contribution is -0.157. The van der Waals surface area contributed by atoms with E-state index in [0.29, 0.717) is 23.5 Å². The van der Waals surface area contributed by atoms with Gasteiger partial charge in [-0.15, -0.1) is 0 Å². The van der Waals surface area contributed by atoms with E-state index in [9.17, 15) is 9.59 Å². The SMILES string of the molecule is CC(=O)O[C@H]1CC[C@H]2[C@@H]3CCC4=CC(=O)C(c5ccccc5)CC[C@]4(C)[C@H]3CC[C@]12C. The standard InChI is InChI=1S/C28H36O3/c1-18(29)31-26-12-11-23-22-10-9-20-17-25(30)21(19-7-5-4-6-8-19)13-15-27(20,2)24(22)14-16-28(23,26)3/h4-8,17,21-24,26H,9-16H2,1-3H3/t21?,22-,23-,24-,26-,27-,28-/m0/s1. The predicted octanol–water partition coefficient (Wildman–Crippen LogP) is 6.23. The van der Waals surface area contributed by atoms with Crippen LogP contribution in [0.4, 0.5) is 0 Å². The molecular formula is C28H36O3. The first-order valence-electron chi connectivity index (χ1n) is 12.3. The fourth-order valence-electron chi connectivity index (χ4n) is 8.13. The molecule has 0 saturated heterocycles. The van der Waals surface area contributed by atoms with Gasteiger partial charge in [0.15, 0.2) is 5.78 Å². The molecule has 166 valence electrons. The van der Waals surface area contributed by atoms with Crippen LogP contribution < -0.4 is 0 Å². The minimum Gasteiger partial charge on any atom is -0.462 e. The van der Waals surface area contributed by atoms with Crippen molar-refractivity contribution < 1.29 is 14.3 Å². The third kappa shape index (κ3) is 3.31. The number of rotatable bonds is 2. The molecule has 3 nitrogen and oxygen atoms in total. The number of fused-ring (bicyclic) bond motifs is 5. The highest BCUT2D eigenvalue weighted by molar-refractivity contribution is 5.96. The van der Waals surface area contributed by atoms with Crippen LogP contribution in [0.15, 0.2) is 42.0 Å². The maximum Gasteiger partial charge on any atom is 0.302 e. The van der Waals surface area contributed by atoms with E-state index in [4.69, 9.17) is 4.74 Å². The van der Waals surface area contributed by atoms with E-state index in [2.05, 4.69) is 26.0 Å². The van der Waals surface area contributed by atoms with Crippen molar-refractivity contribution in [3.8, 4) is 0 Å². The van der Waals surface area contributed by atoms with Crippen molar-refractivity contribution in [1.29, 1.82) is 0 Å². The minimum atomic E-state index is -0.135. The molecule has 0 amide bonds. The Hall–Kier alpha value is -1.90. The summed E-state index contributed by atoms with van der Waals surface area (Å²) < 4.78 is 5.80. The van der Waals surface area contributed by atoms with Gasteiger partial charge in [0.1, 0.15) is 6.10 Å². The second-order valence-electron chi connectivity index (χ2n) is 11.1. The van der Waals surface area contributed by atoms with Crippen LogP contribution in [0.25, 0.3) is 0 Å². The second-order valence-corrected chi connectivity index (χ2v) is 11.1. The lowest BCUT2D eigenvalue weighted by atomic mass is 9.48. The van der Waals surface area contributed by atoms with Crippen molar-refractivity contribution in [3.05, 3.63) is 47.5 Å². The van der Waals surface area contributed by atoms with Crippen LogP contribution in [0.1, 0.15) is 83.6 Å². The molecule has 0 aliphatic heterocycles. The van der Waals surface area contributed by atoms with Gasteiger partial charge in [0.2, 0.25) is 0 Å². The third-order valence-electron chi connectivity index (χ3n) is 9.77. The highest BCUT2D eigenvalue weighted by Crippen LogP contribution is 2.65. The molecule has 1 aromatic carbocycles. The second kappa shape index (κ2) is 7.60. The Balaban J connectivity index is 1.42. The molecule has 0 radical (unpaired) electrons. The number of carbonyl (C=O) groups excluding carboxylic acids is 2. The van der Waals surface area contributed by atoms with E-state index < -0.39 is 0 Å². The Bertz CT molecular complexity index is 902. The number of carbonyl (C=O) groups is 2. The molecule has 3 fully saturated rings. The molecule has 31 heavy (non-hydrogen) atoms. The molecule has 4 aliphatic rings. The molecule has 1 aromatic rings. The Kier molecular flexibility index (Phi) is 5.14. The van der Waals surface area contributed by atoms with Crippen molar-refractivity contribution in [1.82, 2.24) is 0 Å². The van der Waals surface area contributed by atoms with Crippen molar-refractivity contribution in [2.75, 3.05) is 0 Å². The fourth-order valence-corrected chi connectivity index (χ4v) is 8.13. The molecule has 0 bridgehead atoms. The smallest absolute Gasteiger partial charge is 0.302 e. The Morgan fingerprint density at radius 3 is 2.48 bits per heavy atom. The van der Waals surface area contributed by atoms with E-state index in [1.165, 1.54) is 30.4 Å². The number of allylic oxidation sites excluding steroid dienone is 2. The van der Waals surface area contributed by atoms with E-state index in [-0.39, 0.29) is 28.8 Å². The van der Waals surface area contributed by atoms with Crippen LogP contribution >= 0.6 is 0 Å². The first kappa shape index (κ1) is 21.0. The van der Waals surface area contributed by atoms with Crippen molar-refractivity contribution >= 4 is 11.8 Å². The molecule has 0 aromatic heterocycles. The molecule has 3 heteroatoms. The molecule has 4 aliphatic carbocycles. The normalized spacial score (nSPS) is 42.0. The van der Waals surface area contributed by atoms with Gasteiger partial charge in [-0.05, 0) is 86.2 Å². The zero-order valence-electron chi connectivity index (χ0n) is 19.2. The highest BCUT2D eigenvalue weighted by atomic mass is 16.5. The van der Waals surface area contributed by atoms with E-state index in [1.54, 1.807) is 6.92 Å². The molecule has 1 unspecified atom stereocenters. The average Bonchev–Trinajstić information content (AvgIpc) is 2.99. The summed E-state index contributed by atoms with van der Waals surface area (Å²) in [6.45, 7) is 6.38. The van der Waals surface area contributed by atoms with Gasteiger partial charge in [-0.25, -0.2) is 0 Å². The largest absolute Gasteiger partial charge is 0.462 e. The molecule has 5 rings (SSSR count). The maximum absolute atomic E-state index is 13.2. The topological polar surface area (TPSA) is 43.4 Å². The Labute approximate surface area is 186 Å².